The first-order valence-electron chi connectivity index (χ1n) is 6.02. The Labute approximate surface area is 134 Å². The third-order valence-corrected chi connectivity index (χ3v) is 5.06. The molecule has 1 aromatic carbocycles. The highest BCUT2D eigenvalue weighted by Crippen LogP contribution is 2.39. The summed E-state index contributed by atoms with van der Waals surface area (Å²) in [7, 11) is 0. The average Bonchev–Trinajstić information content (AvgIpc) is 3.07. The summed E-state index contributed by atoms with van der Waals surface area (Å²) >= 11 is 8.63. The molecule has 21 heavy (non-hydrogen) atoms. The van der Waals surface area contributed by atoms with Gasteiger partial charge >= 0.3 is 0 Å². The largest absolute Gasteiger partial charge is 0.278 e. The summed E-state index contributed by atoms with van der Waals surface area (Å²) in [5.74, 6) is 0. The third-order valence-electron chi connectivity index (χ3n) is 3.09. The molecule has 3 rings (SSSR count). The maximum Gasteiger partial charge on any atom is 0.278 e. The number of benzene rings is 1. The van der Waals surface area contributed by atoms with Crippen LogP contribution in [0.2, 0.25) is 4.34 Å². The first-order valence-corrected chi connectivity index (χ1v) is 7.99. The number of aromatic nitrogens is 1. The zero-order valence-electron chi connectivity index (χ0n) is 10.9. The van der Waals surface area contributed by atoms with Crippen LogP contribution >= 0.6 is 34.5 Å². The minimum atomic E-state index is -0.360. The Hall–Kier alpha value is -1.76. The van der Waals surface area contributed by atoms with E-state index in [2.05, 4.69) is 4.37 Å². The van der Waals surface area contributed by atoms with Gasteiger partial charge in [-0.15, -0.1) is 11.3 Å². The lowest BCUT2D eigenvalue weighted by Crippen LogP contribution is -1.92. The van der Waals surface area contributed by atoms with Crippen LogP contribution in [0.3, 0.4) is 0 Å². The van der Waals surface area contributed by atoms with E-state index < -0.39 is 0 Å². The molecule has 106 valence electrons. The number of nitro groups is 1. The van der Waals surface area contributed by atoms with Gasteiger partial charge < -0.3 is 0 Å². The molecule has 0 N–H and O–H groups in total. The standard InChI is InChI=1S/C14H9ClN2O2S2/c1-8-11(7-16-21-8)9-2-3-10(12(6-9)17(18)19)13-4-5-14(15)20-13/h2-7H,1H3. The molecule has 2 heterocycles. The summed E-state index contributed by atoms with van der Waals surface area (Å²) in [4.78, 5) is 12.8. The average molecular weight is 337 g/mol. The quantitative estimate of drug-likeness (QED) is 0.474. The monoisotopic (exact) mass is 336 g/mol. The number of thiophene rings is 1. The van der Waals surface area contributed by atoms with Gasteiger partial charge in [0.05, 0.1) is 14.8 Å². The number of hydrogen-bond acceptors (Lipinski definition) is 5. The second kappa shape index (κ2) is 5.55. The molecule has 0 saturated heterocycles. The highest BCUT2D eigenvalue weighted by Gasteiger charge is 2.19. The van der Waals surface area contributed by atoms with Gasteiger partial charge in [0.2, 0.25) is 0 Å². The summed E-state index contributed by atoms with van der Waals surface area (Å²) in [5, 5.41) is 11.4. The molecule has 0 aliphatic heterocycles. The Morgan fingerprint density at radius 2 is 2.05 bits per heavy atom. The molecule has 7 heteroatoms. The molecule has 4 nitrogen and oxygen atoms in total. The predicted octanol–water partition coefficient (Wildman–Crippen LogP) is 5.41. The molecule has 0 aliphatic rings. The fourth-order valence-corrected chi connectivity index (χ4v) is 3.76. The predicted molar refractivity (Wildman–Crippen MR) is 87.3 cm³/mol. The van der Waals surface area contributed by atoms with Crippen LogP contribution in [-0.4, -0.2) is 9.30 Å². The van der Waals surface area contributed by atoms with Gasteiger partial charge in [-0.3, -0.25) is 10.1 Å². The van der Waals surface area contributed by atoms with Crippen LogP contribution in [0.5, 0.6) is 0 Å². The molecule has 0 atom stereocenters. The topological polar surface area (TPSA) is 56.0 Å². The van der Waals surface area contributed by atoms with E-state index >= 15 is 0 Å². The van der Waals surface area contributed by atoms with Crippen molar-refractivity contribution in [3.8, 4) is 21.6 Å². The molecule has 0 spiro atoms. The fourth-order valence-electron chi connectivity index (χ4n) is 2.09. The van der Waals surface area contributed by atoms with Crippen molar-refractivity contribution in [1.29, 1.82) is 0 Å². The number of hydrogen-bond donors (Lipinski definition) is 0. The van der Waals surface area contributed by atoms with Crippen molar-refractivity contribution in [3.05, 3.63) is 55.9 Å². The van der Waals surface area contributed by atoms with Gasteiger partial charge in [0.15, 0.2) is 0 Å². The molecule has 0 aliphatic carbocycles. The Morgan fingerprint density at radius 1 is 1.24 bits per heavy atom. The second-order valence-corrected chi connectivity index (χ2v) is 7.11. The van der Waals surface area contributed by atoms with Gasteiger partial charge in [-0.25, -0.2) is 4.37 Å². The minimum absolute atomic E-state index is 0.0802. The number of aryl methyl sites for hydroxylation is 1. The van der Waals surface area contributed by atoms with Gasteiger partial charge in [-0.2, -0.15) is 0 Å². The molecule has 0 saturated carbocycles. The van der Waals surface area contributed by atoms with Crippen molar-refractivity contribution in [1.82, 2.24) is 4.37 Å². The highest BCUT2D eigenvalue weighted by molar-refractivity contribution is 7.19. The van der Waals surface area contributed by atoms with Crippen molar-refractivity contribution in [2.75, 3.05) is 0 Å². The summed E-state index contributed by atoms with van der Waals surface area (Å²) in [6.07, 6.45) is 1.74. The molecule has 0 radical (unpaired) electrons. The number of nitro benzene ring substituents is 1. The van der Waals surface area contributed by atoms with Crippen molar-refractivity contribution >= 4 is 40.2 Å². The Kier molecular flexibility index (Phi) is 3.75. The minimum Gasteiger partial charge on any atom is -0.258 e. The summed E-state index contributed by atoms with van der Waals surface area (Å²) in [5.41, 5.74) is 2.40. The third kappa shape index (κ3) is 2.70. The van der Waals surface area contributed by atoms with E-state index in [4.69, 9.17) is 11.6 Å². The van der Waals surface area contributed by atoms with Crippen molar-refractivity contribution in [2.45, 2.75) is 6.92 Å². The van der Waals surface area contributed by atoms with E-state index in [0.717, 1.165) is 20.9 Å². The molecule has 0 unspecified atom stereocenters. The number of rotatable bonds is 3. The molecule has 2 aromatic heterocycles. The summed E-state index contributed by atoms with van der Waals surface area (Å²) in [6, 6.07) is 8.79. The molecular weight excluding hydrogens is 328 g/mol. The van der Waals surface area contributed by atoms with E-state index in [1.54, 1.807) is 30.5 Å². The van der Waals surface area contributed by atoms with Crippen molar-refractivity contribution in [2.24, 2.45) is 0 Å². The van der Waals surface area contributed by atoms with E-state index in [1.807, 2.05) is 13.0 Å². The fraction of sp³-hybridized carbons (Fsp3) is 0.0714. The van der Waals surface area contributed by atoms with E-state index in [0.29, 0.717) is 9.90 Å². The van der Waals surface area contributed by atoms with Crippen LogP contribution < -0.4 is 0 Å². The maximum atomic E-state index is 11.4. The van der Waals surface area contributed by atoms with E-state index in [-0.39, 0.29) is 10.6 Å². The smallest absolute Gasteiger partial charge is 0.258 e. The first-order chi connectivity index (χ1) is 10.1. The van der Waals surface area contributed by atoms with Gasteiger partial charge in [0.25, 0.3) is 5.69 Å². The van der Waals surface area contributed by atoms with Crippen molar-refractivity contribution in [3.63, 3.8) is 0 Å². The van der Waals surface area contributed by atoms with Crippen molar-refractivity contribution < 1.29 is 4.92 Å². The maximum absolute atomic E-state index is 11.4. The van der Waals surface area contributed by atoms with Gasteiger partial charge in [-0.1, -0.05) is 17.7 Å². The van der Waals surface area contributed by atoms with Gasteiger partial charge in [0, 0.05) is 27.6 Å². The Balaban J connectivity index is 2.16. The highest BCUT2D eigenvalue weighted by atomic mass is 35.5. The van der Waals surface area contributed by atoms with Crippen LogP contribution in [0.25, 0.3) is 21.6 Å². The molecular formula is C14H9ClN2O2S2. The van der Waals surface area contributed by atoms with Crippen LogP contribution in [0.4, 0.5) is 5.69 Å². The molecule has 0 bridgehead atoms. The summed E-state index contributed by atoms with van der Waals surface area (Å²) in [6.45, 7) is 1.95. The second-order valence-electron chi connectivity index (χ2n) is 4.39. The SMILES string of the molecule is Cc1sncc1-c1ccc(-c2ccc(Cl)s2)c([N+](=O)[O-])c1. The number of halogens is 1. The summed E-state index contributed by atoms with van der Waals surface area (Å²) < 4.78 is 4.73. The van der Waals surface area contributed by atoms with Gasteiger partial charge in [0.1, 0.15) is 0 Å². The van der Waals surface area contributed by atoms with Crippen LogP contribution in [0.1, 0.15) is 4.88 Å². The molecule has 3 aromatic rings. The van der Waals surface area contributed by atoms with Crippen LogP contribution in [0, 0.1) is 17.0 Å². The first kappa shape index (κ1) is 14.2. The lowest BCUT2D eigenvalue weighted by molar-refractivity contribution is -0.384. The van der Waals surface area contributed by atoms with E-state index in [1.165, 1.54) is 22.9 Å². The number of nitrogens with zero attached hydrogens (tertiary/aromatic N) is 2. The zero-order valence-corrected chi connectivity index (χ0v) is 13.3. The normalized spacial score (nSPS) is 10.8. The lowest BCUT2D eigenvalue weighted by Gasteiger charge is -2.04. The zero-order chi connectivity index (χ0) is 15.0. The Morgan fingerprint density at radius 3 is 2.62 bits per heavy atom. The molecule has 0 fully saturated rings. The van der Waals surface area contributed by atoms with E-state index in [9.17, 15) is 10.1 Å². The van der Waals surface area contributed by atoms with Crippen LogP contribution in [-0.2, 0) is 0 Å². The van der Waals surface area contributed by atoms with Gasteiger partial charge in [-0.05, 0) is 42.2 Å². The lowest BCUT2D eigenvalue weighted by atomic mass is 10.0. The molecule has 0 amide bonds. The van der Waals surface area contributed by atoms with Crippen LogP contribution in [0.15, 0.2) is 36.5 Å². The Bertz CT molecular complexity index is 826.